The van der Waals surface area contributed by atoms with Crippen LogP contribution in [0.2, 0.25) is 0 Å². The lowest BCUT2D eigenvalue weighted by Crippen LogP contribution is -2.54. The third kappa shape index (κ3) is 12.0. The number of carbonyl (C=O) groups is 5. The first-order valence-corrected chi connectivity index (χ1v) is 19.8. The number of Topliss-reactive ketones (excluding diaryl/α,β-unsaturated/α-hetero) is 2. The summed E-state index contributed by atoms with van der Waals surface area (Å²) in [5, 5.41) is 15.7. The maximum atomic E-state index is 14.4. The predicted molar refractivity (Wildman–Crippen MR) is 219 cm³/mol. The van der Waals surface area contributed by atoms with Gasteiger partial charge < -0.3 is 20.5 Å². The van der Waals surface area contributed by atoms with Gasteiger partial charge in [-0.3, -0.25) is 24.0 Å². The molecule has 0 saturated heterocycles. The lowest BCUT2D eigenvalue weighted by atomic mass is 9.90. The number of aryl methyl sites for hydroxylation is 1. The Hall–Kier alpha value is -6.56. The molecule has 0 aliphatic carbocycles. The quantitative estimate of drug-likeness (QED) is 0.139. The largest absolute Gasteiger partial charge is 0.486 e. The molecule has 0 saturated carbocycles. The predicted octanol–water partition coefficient (Wildman–Crippen LogP) is 7.63. The number of carbonyl (C=O) groups excluding carboxylic acids is 4. The number of hydrogen-bond acceptors (Lipinski definition) is 6. The highest BCUT2D eigenvalue weighted by Crippen LogP contribution is 2.33. The fourth-order valence-corrected chi connectivity index (χ4v) is 7.37. The Morgan fingerprint density at radius 1 is 0.650 bits per heavy atom. The molecule has 0 fully saturated rings. The number of ketones is 2. The van der Waals surface area contributed by atoms with Crippen molar-refractivity contribution in [2.45, 2.75) is 63.2 Å². The lowest BCUT2D eigenvalue weighted by molar-refractivity contribution is -0.144. The number of carboxylic acid groups (broad SMARTS) is 1. The fraction of sp³-hybridized carbons (Fsp3) is 0.271. The first kappa shape index (κ1) is 43.0. The van der Waals surface area contributed by atoms with E-state index in [1.807, 2.05) is 72.8 Å². The Balaban J connectivity index is 1.37. The number of benzene rings is 5. The van der Waals surface area contributed by atoms with E-state index < -0.39 is 90.9 Å². The molecule has 5 aromatic carbocycles. The minimum Gasteiger partial charge on any atom is -0.486 e. The second-order valence-corrected chi connectivity index (χ2v) is 15.1. The van der Waals surface area contributed by atoms with Gasteiger partial charge >= 0.3 is 12.1 Å². The second-order valence-electron chi connectivity index (χ2n) is 15.1. The van der Waals surface area contributed by atoms with Gasteiger partial charge in [0, 0.05) is 25.2 Å². The van der Waals surface area contributed by atoms with E-state index in [-0.39, 0.29) is 30.6 Å². The van der Waals surface area contributed by atoms with Crippen LogP contribution in [-0.4, -0.2) is 53.1 Å². The van der Waals surface area contributed by atoms with E-state index in [0.29, 0.717) is 17.5 Å². The summed E-state index contributed by atoms with van der Waals surface area (Å²) in [6.45, 7) is -0.503. The first-order valence-electron chi connectivity index (χ1n) is 19.8. The van der Waals surface area contributed by atoms with Gasteiger partial charge in [0.05, 0.1) is 17.5 Å². The second kappa shape index (κ2) is 19.9. The number of amides is 2. The average Bonchev–Trinajstić information content (AvgIpc) is 3.24. The first-order chi connectivity index (χ1) is 28.8. The number of halogens is 3. The van der Waals surface area contributed by atoms with Gasteiger partial charge in [-0.05, 0) is 77.3 Å². The van der Waals surface area contributed by atoms with Crippen LogP contribution in [0.15, 0.2) is 133 Å². The van der Waals surface area contributed by atoms with Crippen LogP contribution in [0, 0.1) is 11.8 Å². The molecule has 2 aliphatic rings. The van der Waals surface area contributed by atoms with Gasteiger partial charge in [-0.15, -0.1) is 0 Å². The Kier molecular flexibility index (Phi) is 14.3. The van der Waals surface area contributed by atoms with E-state index in [1.54, 1.807) is 36.4 Å². The monoisotopic (exact) mass is 818 g/mol. The molecule has 12 heteroatoms. The van der Waals surface area contributed by atoms with Gasteiger partial charge in [-0.2, -0.15) is 13.2 Å². The fourth-order valence-electron chi connectivity index (χ4n) is 7.37. The van der Waals surface area contributed by atoms with Crippen molar-refractivity contribution >= 4 is 29.4 Å². The molecular formula is C48H45F3N2O7. The summed E-state index contributed by atoms with van der Waals surface area (Å²) < 4.78 is 48.1. The summed E-state index contributed by atoms with van der Waals surface area (Å²) in [5.41, 5.74) is 2.78. The number of alkyl halides is 3. The van der Waals surface area contributed by atoms with E-state index in [2.05, 4.69) is 10.6 Å². The zero-order chi connectivity index (χ0) is 42.6. The Labute approximate surface area is 346 Å². The number of rotatable bonds is 9. The molecule has 0 aromatic heterocycles. The summed E-state index contributed by atoms with van der Waals surface area (Å²) in [6, 6.07) is 34.7. The number of ether oxygens (including phenoxy) is 1. The molecule has 0 unspecified atom stereocenters. The summed E-state index contributed by atoms with van der Waals surface area (Å²) in [5.74, 6) is -6.11. The molecule has 2 amide bonds. The minimum absolute atomic E-state index is 0.00161. The summed E-state index contributed by atoms with van der Waals surface area (Å²) in [6.07, 6.45) is -5.73. The lowest BCUT2D eigenvalue weighted by Gasteiger charge is -2.26. The highest BCUT2D eigenvalue weighted by atomic mass is 19.4. The molecule has 0 radical (unpaired) electrons. The molecular weight excluding hydrogens is 774 g/mol. The van der Waals surface area contributed by atoms with Crippen molar-refractivity contribution < 1.29 is 47.0 Å². The number of aliphatic carboxylic acids is 1. The van der Waals surface area contributed by atoms with Crippen LogP contribution in [0.1, 0.15) is 47.1 Å². The number of nitrogens with one attached hydrogen (secondary N) is 2. The zero-order valence-corrected chi connectivity index (χ0v) is 32.7. The van der Waals surface area contributed by atoms with Crippen molar-refractivity contribution in [1.82, 2.24) is 10.6 Å². The highest BCUT2D eigenvalue weighted by Gasteiger charge is 2.36. The van der Waals surface area contributed by atoms with Crippen LogP contribution < -0.4 is 15.4 Å². The van der Waals surface area contributed by atoms with Crippen molar-refractivity contribution in [2.75, 3.05) is 6.61 Å². The van der Waals surface area contributed by atoms with Gasteiger partial charge in [-0.25, -0.2) is 0 Å². The molecule has 2 heterocycles. The van der Waals surface area contributed by atoms with Crippen LogP contribution >= 0.6 is 0 Å². The molecule has 310 valence electrons. The van der Waals surface area contributed by atoms with Gasteiger partial charge in [0.2, 0.25) is 11.8 Å². The summed E-state index contributed by atoms with van der Waals surface area (Å²) in [7, 11) is 0. The molecule has 3 N–H and O–H groups in total. The Morgan fingerprint density at radius 3 is 1.93 bits per heavy atom. The van der Waals surface area contributed by atoms with Crippen molar-refractivity contribution in [1.29, 1.82) is 0 Å². The van der Waals surface area contributed by atoms with E-state index in [4.69, 9.17) is 4.74 Å². The number of hydrogen-bond donors (Lipinski definition) is 3. The molecule has 5 aromatic rings. The van der Waals surface area contributed by atoms with E-state index in [1.165, 1.54) is 18.2 Å². The molecule has 4 atom stereocenters. The van der Waals surface area contributed by atoms with Crippen molar-refractivity contribution in [2.24, 2.45) is 11.8 Å². The van der Waals surface area contributed by atoms with Crippen LogP contribution in [0.4, 0.5) is 13.2 Å². The maximum Gasteiger partial charge on any atom is 0.416 e. The third-order valence-corrected chi connectivity index (χ3v) is 10.6. The van der Waals surface area contributed by atoms with Gasteiger partial charge in [0.1, 0.15) is 18.4 Å². The minimum atomic E-state index is -4.74. The van der Waals surface area contributed by atoms with Crippen molar-refractivity contribution in [3.63, 3.8) is 0 Å². The molecule has 7 rings (SSSR count). The third-order valence-electron chi connectivity index (χ3n) is 10.6. The van der Waals surface area contributed by atoms with Crippen LogP contribution in [0.3, 0.4) is 0 Å². The molecule has 9 nitrogen and oxygen atoms in total. The smallest absolute Gasteiger partial charge is 0.416 e. The standard InChI is InChI=1S/C48H45F3N2O7/c49-48(50,51)41-14-8-7-13-36(41)27-37-28-39(54)30-60-40-22-17-32(18-23-40)25-38(47(58)59)29-44(55)42(24-19-31-9-3-1-4-10-31)52-46(57)43(53-45(37)56)26-33-15-20-35(21-16-33)34-11-5-2-6-12-34/h1-18,20-23,37-38,42-43H,19,24-30H2,(H,52,57)(H,53,56)(H,58,59)/t37-,38-,42+,43-/m1/s1. The molecule has 2 aliphatic heterocycles. The van der Waals surface area contributed by atoms with Crippen molar-refractivity contribution in [3.05, 3.63) is 161 Å². The molecule has 0 spiro atoms. The zero-order valence-electron chi connectivity index (χ0n) is 32.7. The normalized spacial score (nSPS) is 19.6. The topological polar surface area (TPSA) is 139 Å². The SMILES string of the molecule is O=C1COc2ccc(cc2)C[C@@H](C(=O)O)CC(=O)[C@H](CCc2ccccc2)NC(=O)[C@@H](Cc2ccc(-c3ccccc3)cc2)NC(=O)[C@H](Cc2ccccc2C(F)(F)F)C1. The summed E-state index contributed by atoms with van der Waals surface area (Å²) in [4.78, 5) is 68.7. The number of fused-ring (bicyclic) bond motifs is 16. The van der Waals surface area contributed by atoms with E-state index in [0.717, 1.165) is 22.8 Å². The van der Waals surface area contributed by atoms with Crippen LogP contribution in [-0.2, 0) is 55.8 Å². The summed E-state index contributed by atoms with van der Waals surface area (Å²) >= 11 is 0. The molecule has 60 heavy (non-hydrogen) atoms. The average molecular weight is 819 g/mol. The maximum absolute atomic E-state index is 14.4. The molecule has 2 bridgehead atoms. The number of carboxylic acids is 1. The Bertz CT molecular complexity index is 2260. The van der Waals surface area contributed by atoms with Gasteiger partial charge in [-0.1, -0.05) is 115 Å². The van der Waals surface area contributed by atoms with E-state index in [9.17, 15) is 42.3 Å². The van der Waals surface area contributed by atoms with Gasteiger partial charge in [0.15, 0.2) is 11.6 Å². The highest BCUT2D eigenvalue weighted by molar-refractivity contribution is 5.95. The van der Waals surface area contributed by atoms with Gasteiger partial charge in [0.25, 0.3) is 0 Å². The van der Waals surface area contributed by atoms with Crippen LogP contribution in [0.25, 0.3) is 11.1 Å². The Morgan fingerprint density at radius 2 is 1.27 bits per heavy atom. The van der Waals surface area contributed by atoms with Crippen molar-refractivity contribution in [3.8, 4) is 16.9 Å². The van der Waals surface area contributed by atoms with Crippen LogP contribution in [0.5, 0.6) is 5.75 Å². The van der Waals surface area contributed by atoms with E-state index >= 15 is 0 Å².